The molecule has 2 atom stereocenters. The molecule has 9 nitrogen and oxygen atoms in total. The number of hydrogen-bond donors (Lipinski definition) is 2. The van der Waals surface area contributed by atoms with Gasteiger partial charge in [-0.2, -0.15) is 0 Å². The fourth-order valence-corrected chi connectivity index (χ4v) is 3.56. The molecule has 1 saturated carbocycles. The van der Waals surface area contributed by atoms with Crippen molar-refractivity contribution >= 4 is 21.8 Å². The van der Waals surface area contributed by atoms with Crippen LogP contribution in [0, 0.1) is 16.0 Å². The zero-order chi connectivity index (χ0) is 15.6. The molecule has 2 N–H and O–H groups in total. The highest BCUT2D eigenvalue weighted by Crippen LogP contribution is 2.27. The minimum Gasteiger partial charge on any atom is -0.481 e. The van der Waals surface area contributed by atoms with Gasteiger partial charge in [-0.3, -0.25) is 4.79 Å². The SMILES string of the molecule is O=C(O)C1CCCC1NS(=O)(=O)c1ccc([N+](=O)[O-])nc1. The van der Waals surface area contributed by atoms with Gasteiger partial charge in [0, 0.05) is 12.1 Å². The van der Waals surface area contributed by atoms with E-state index in [9.17, 15) is 23.3 Å². The molecule has 0 amide bonds. The minimum atomic E-state index is -3.95. The summed E-state index contributed by atoms with van der Waals surface area (Å²) in [6.07, 6.45) is 2.37. The summed E-state index contributed by atoms with van der Waals surface area (Å²) in [5.74, 6) is -2.26. The molecule has 1 aromatic heterocycles. The largest absolute Gasteiger partial charge is 0.481 e. The third-order valence-corrected chi connectivity index (χ3v) is 4.83. The Morgan fingerprint density at radius 2 is 2.14 bits per heavy atom. The summed E-state index contributed by atoms with van der Waals surface area (Å²) in [6.45, 7) is 0. The normalized spacial score (nSPS) is 22.1. The van der Waals surface area contributed by atoms with E-state index in [0.717, 1.165) is 18.3 Å². The van der Waals surface area contributed by atoms with Crippen LogP contribution in [0.3, 0.4) is 0 Å². The lowest BCUT2D eigenvalue weighted by molar-refractivity contribution is -0.389. The number of aliphatic carboxylic acids is 1. The molecule has 2 rings (SSSR count). The highest BCUT2D eigenvalue weighted by atomic mass is 32.2. The lowest BCUT2D eigenvalue weighted by atomic mass is 10.1. The molecule has 0 radical (unpaired) electrons. The van der Waals surface area contributed by atoms with Gasteiger partial charge in [-0.25, -0.2) is 13.1 Å². The fraction of sp³-hybridized carbons (Fsp3) is 0.455. The Hall–Kier alpha value is -2.07. The zero-order valence-corrected chi connectivity index (χ0v) is 11.6. The first-order chi connectivity index (χ1) is 9.81. The monoisotopic (exact) mass is 315 g/mol. The topological polar surface area (TPSA) is 140 Å². The summed E-state index contributed by atoms with van der Waals surface area (Å²) in [5.41, 5.74) is 0. The second-order valence-electron chi connectivity index (χ2n) is 4.71. The number of rotatable bonds is 5. The highest BCUT2D eigenvalue weighted by Gasteiger charge is 2.36. The number of sulfonamides is 1. The number of nitrogens with zero attached hydrogens (tertiary/aromatic N) is 2. The van der Waals surface area contributed by atoms with Crippen LogP contribution in [-0.4, -0.2) is 35.4 Å². The first-order valence-electron chi connectivity index (χ1n) is 6.17. The number of carbonyl (C=O) groups is 1. The third kappa shape index (κ3) is 3.34. The first kappa shape index (κ1) is 15.3. The van der Waals surface area contributed by atoms with Crippen molar-refractivity contribution in [2.75, 3.05) is 0 Å². The molecule has 10 heteroatoms. The van der Waals surface area contributed by atoms with E-state index in [1.165, 1.54) is 0 Å². The van der Waals surface area contributed by atoms with Crippen LogP contribution in [-0.2, 0) is 14.8 Å². The number of carboxylic acids is 1. The van der Waals surface area contributed by atoms with Crippen molar-refractivity contribution in [3.8, 4) is 0 Å². The van der Waals surface area contributed by atoms with Gasteiger partial charge in [0.25, 0.3) is 0 Å². The molecular formula is C11H13N3O6S. The molecule has 0 aromatic carbocycles. The summed E-state index contributed by atoms with van der Waals surface area (Å²) in [6, 6.07) is 1.37. The molecule has 1 aromatic rings. The Morgan fingerprint density at radius 1 is 1.43 bits per heavy atom. The average molecular weight is 315 g/mol. The van der Waals surface area contributed by atoms with Crippen LogP contribution in [0.25, 0.3) is 0 Å². The Morgan fingerprint density at radius 3 is 2.67 bits per heavy atom. The molecular weight excluding hydrogens is 302 g/mol. The number of aromatic nitrogens is 1. The van der Waals surface area contributed by atoms with Gasteiger partial charge in [-0.05, 0) is 28.8 Å². The maximum atomic E-state index is 12.1. The number of nitrogens with one attached hydrogen (secondary N) is 1. The number of nitro groups is 1. The summed E-state index contributed by atoms with van der Waals surface area (Å²) in [5, 5.41) is 19.5. The molecule has 0 spiro atoms. The molecule has 0 aliphatic heterocycles. The van der Waals surface area contributed by atoms with Crippen molar-refractivity contribution in [2.45, 2.75) is 30.2 Å². The zero-order valence-electron chi connectivity index (χ0n) is 10.8. The van der Waals surface area contributed by atoms with E-state index in [2.05, 4.69) is 9.71 Å². The lowest BCUT2D eigenvalue weighted by Gasteiger charge is -2.17. The van der Waals surface area contributed by atoms with E-state index in [1.54, 1.807) is 0 Å². The van der Waals surface area contributed by atoms with Gasteiger partial charge in [0.1, 0.15) is 4.90 Å². The van der Waals surface area contributed by atoms with Gasteiger partial charge in [-0.15, -0.1) is 0 Å². The van der Waals surface area contributed by atoms with Gasteiger partial charge in [-0.1, -0.05) is 6.42 Å². The smallest absolute Gasteiger partial charge is 0.363 e. The molecule has 21 heavy (non-hydrogen) atoms. The Kier molecular flexibility index (Phi) is 4.19. The average Bonchev–Trinajstić information content (AvgIpc) is 2.86. The van der Waals surface area contributed by atoms with Crippen molar-refractivity contribution in [3.63, 3.8) is 0 Å². The molecule has 1 heterocycles. The van der Waals surface area contributed by atoms with E-state index in [-0.39, 0.29) is 4.90 Å². The van der Waals surface area contributed by atoms with Gasteiger partial charge in [0.15, 0.2) is 6.20 Å². The highest BCUT2D eigenvalue weighted by molar-refractivity contribution is 7.89. The number of carboxylic acid groups (broad SMARTS) is 1. The maximum Gasteiger partial charge on any atom is 0.363 e. The number of pyridine rings is 1. The van der Waals surface area contributed by atoms with Crippen LogP contribution in [0.1, 0.15) is 19.3 Å². The third-order valence-electron chi connectivity index (χ3n) is 3.36. The summed E-state index contributed by atoms with van der Waals surface area (Å²) >= 11 is 0. The molecule has 1 fully saturated rings. The van der Waals surface area contributed by atoms with Crippen LogP contribution in [0.2, 0.25) is 0 Å². The molecule has 0 saturated heterocycles. The van der Waals surface area contributed by atoms with E-state index in [0.29, 0.717) is 19.3 Å². The Balaban J connectivity index is 2.18. The van der Waals surface area contributed by atoms with Gasteiger partial charge >= 0.3 is 11.8 Å². The van der Waals surface area contributed by atoms with E-state index >= 15 is 0 Å². The predicted octanol–water partition coefficient (Wildman–Crippen LogP) is 0.521. The predicted molar refractivity (Wildman–Crippen MR) is 70.0 cm³/mol. The van der Waals surface area contributed by atoms with Crippen LogP contribution in [0.15, 0.2) is 23.2 Å². The molecule has 1 aliphatic rings. The van der Waals surface area contributed by atoms with Gasteiger partial charge in [0.2, 0.25) is 10.0 Å². The fourth-order valence-electron chi connectivity index (χ4n) is 2.30. The summed E-state index contributed by atoms with van der Waals surface area (Å²) < 4.78 is 26.6. The van der Waals surface area contributed by atoms with Crippen LogP contribution in [0.4, 0.5) is 5.82 Å². The molecule has 0 bridgehead atoms. The molecule has 114 valence electrons. The van der Waals surface area contributed by atoms with Gasteiger partial charge in [0.05, 0.1) is 5.92 Å². The maximum absolute atomic E-state index is 12.1. The standard InChI is InChI=1S/C11H13N3O6S/c15-11(16)8-2-1-3-9(8)13-21(19,20)7-4-5-10(12-6-7)14(17)18/h4-6,8-9,13H,1-3H2,(H,15,16). The lowest BCUT2D eigenvalue weighted by Crippen LogP contribution is -2.40. The summed E-state index contributed by atoms with van der Waals surface area (Å²) in [4.78, 5) is 24.0. The van der Waals surface area contributed by atoms with Crippen molar-refractivity contribution in [1.29, 1.82) is 0 Å². The molecule has 1 aliphatic carbocycles. The number of hydrogen-bond acceptors (Lipinski definition) is 6. The quantitative estimate of drug-likeness (QED) is 0.596. The van der Waals surface area contributed by atoms with Crippen molar-refractivity contribution in [2.24, 2.45) is 5.92 Å². The Bertz CT molecular complexity index is 657. The van der Waals surface area contributed by atoms with Gasteiger partial charge < -0.3 is 15.2 Å². The second-order valence-corrected chi connectivity index (χ2v) is 6.43. The second kappa shape index (κ2) is 5.74. The van der Waals surface area contributed by atoms with Crippen LogP contribution < -0.4 is 4.72 Å². The Labute approximate surface area is 120 Å². The first-order valence-corrected chi connectivity index (χ1v) is 7.65. The van der Waals surface area contributed by atoms with E-state index in [4.69, 9.17) is 5.11 Å². The van der Waals surface area contributed by atoms with E-state index < -0.39 is 38.7 Å². The van der Waals surface area contributed by atoms with E-state index in [1.807, 2.05) is 0 Å². The van der Waals surface area contributed by atoms with Crippen LogP contribution >= 0.6 is 0 Å². The minimum absolute atomic E-state index is 0.232. The van der Waals surface area contributed by atoms with Crippen molar-refractivity contribution < 1.29 is 23.2 Å². The van der Waals surface area contributed by atoms with Crippen molar-refractivity contribution in [1.82, 2.24) is 9.71 Å². The van der Waals surface area contributed by atoms with Crippen molar-refractivity contribution in [3.05, 3.63) is 28.4 Å². The van der Waals surface area contributed by atoms with Crippen LogP contribution in [0.5, 0.6) is 0 Å². The molecule has 2 unspecified atom stereocenters. The summed E-state index contributed by atoms with van der Waals surface area (Å²) in [7, 11) is -3.95.